The molecule has 1 fully saturated rings. The van der Waals surface area contributed by atoms with Crippen molar-refractivity contribution in [2.24, 2.45) is 5.11 Å². The Morgan fingerprint density at radius 2 is 1.95 bits per heavy atom. The number of benzene rings is 1. The smallest absolute Gasteiger partial charge is 0.228 e. The van der Waals surface area contributed by atoms with Gasteiger partial charge in [0.25, 0.3) is 0 Å². The minimum Gasteiger partial charge on any atom is -0.340 e. The summed E-state index contributed by atoms with van der Waals surface area (Å²) in [5, 5.41) is 20.7. The summed E-state index contributed by atoms with van der Waals surface area (Å²) >= 11 is 0. The second-order valence-corrected chi connectivity index (χ2v) is 10.3. The Morgan fingerprint density at radius 1 is 1.12 bits per heavy atom. The molecule has 14 heteroatoms. The lowest BCUT2D eigenvalue weighted by Gasteiger charge is -2.43. The number of nitrogens with one attached hydrogen (secondary N) is 2. The van der Waals surface area contributed by atoms with Crippen molar-refractivity contribution in [2.75, 3.05) is 32.7 Å². The summed E-state index contributed by atoms with van der Waals surface area (Å²) in [7, 11) is 0. The van der Waals surface area contributed by atoms with Crippen molar-refractivity contribution in [3.8, 4) is 0 Å². The predicted octanol–water partition coefficient (Wildman–Crippen LogP) is 2.89. The van der Waals surface area contributed by atoms with Gasteiger partial charge in [-0.1, -0.05) is 58.9 Å². The van der Waals surface area contributed by atoms with Gasteiger partial charge < -0.3 is 14.5 Å². The number of aromatic amines is 1. The van der Waals surface area contributed by atoms with Crippen molar-refractivity contribution in [3.63, 3.8) is 0 Å². The fraction of sp³-hybridized carbons (Fsp3) is 0.357. The largest absolute Gasteiger partial charge is 0.340 e. The maximum Gasteiger partial charge on any atom is 0.228 e. The van der Waals surface area contributed by atoms with Crippen LogP contribution in [0.3, 0.4) is 0 Å². The molecule has 1 saturated heterocycles. The van der Waals surface area contributed by atoms with Crippen LogP contribution in [0.25, 0.3) is 21.6 Å². The van der Waals surface area contributed by atoms with E-state index in [1.54, 1.807) is 17.6 Å². The SMILES string of the molecule is [N-]=[N+]=NCC(=O)N1CCN([C@@H](c2ccccc2)[C@@H](C2=CCCC=C2)n2cc(Cn3cnc(=N)c4[nH]cnc43)nn2)CC1. The summed E-state index contributed by atoms with van der Waals surface area (Å²) in [6.45, 7) is 2.65. The molecule has 0 saturated carbocycles. The molecule has 4 aromatic rings. The van der Waals surface area contributed by atoms with E-state index in [0.717, 1.165) is 29.7 Å². The van der Waals surface area contributed by atoms with Crippen molar-refractivity contribution in [1.82, 2.24) is 44.3 Å². The summed E-state index contributed by atoms with van der Waals surface area (Å²) in [6, 6.07) is 10.1. The van der Waals surface area contributed by atoms with E-state index in [-0.39, 0.29) is 30.0 Å². The zero-order chi connectivity index (χ0) is 28.9. The molecule has 2 N–H and O–H groups in total. The molecule has 2 atom stereocenters. The summed E-state index contributed by atoms with van der Waals surface area (Å²) < 4.78 is 3.80. The van der Waals surface area contributed by atoms with Gasteiger partial charge in [-0.05, 0) is 29.5 Å². The highest BCUT2D eigenvalue weighted by molar-refractivity contribution is 5.78. The van der Waals surface area contributed by atoms with Crippen LogP contribution in [-0.4, -0.2) is 82.9 Å². The zero-order valence-electron chi connectivity index (χ0n) is 23.0. The highest BCUT2D eigenvalue weighted by atomic mass is 16.2. The number of aromatic nitrogens is 7. The van der Waals surface area contributed by atoms with E-state index in [4.69, 9.17) is 10.9 Å². The normalized spacial score (nSPS) is 17.0. The minimum absolute atomic E-state index is 0.0703. The number of hydrogen-bond donors (Lipinski definition) is 2. The number of azide groups is 1. The second-order valence-electron chi connectivity index (χ2n) is 10.3. The van der Waals surface area contributed by atoms with Crippen molar-refractivity contribution in [3.05, 3.63) is 100 Å². The van der Waals surface area contributed by atoms with E-state index < -0.39 is 0 Å². The van der Waals surface area contributed by atoms with Crippen molar-refractivity contribution >= 4 is 17.1 Å². The van der Waals surface area contributed by atoms with Gasteiger partial charge in [-0.15, -0.1) is 5.10 Å². The first kappa shape index (κ1) is 27.1. The number of carbonyl (C=O) groups excluding carboxylic acids is 1. The summed E-state index contributed by atoms with van der Waals surface area (Å²) in [6.07, 6.45) is 13.7. The van der Waals surface area contributed by atoms with E-state index in [1.165, 1.54) is 0 Å². The number of amides is 1. The monoisotopic (exact) mass is 565 g/mol. The molecule has 1 amide bonds. The van der Waals surface area contributed by atoms with Gasteiger partial charge in [-0.2, -0.15) is 0 Å². The van der Waals surface area contributed by atoms with E-state index >= 15 is 0 Å². The molecule has 1 aromatic carbocycles. The van der Waals surface area contributed by atoms with Crippen LogP contribution in [0.4, 0.5) is 0 Å². The first-order chi connectivity index (χ1) is 20.6. The number of fused-ring (bicyclic) bond motifs is 1. The molecule has 2 aliphatic rings. The summed E-state index contributed by atoms with van der Waals surface area (Å²) in [5.41, 5.74) is 13.0. The molecular weight excluding hydrogens is 534 g/mol. The molecule has 0 radical (unpaired) electrons. The third-order valence-electron chi connectivity index (χ3n) is 7.76. The number of rotatable bonds is 9. The molecule has 1 aliphatic heterocycles. The number of H-pyrrole nitrogens is 1. The molecule has 3 aromatic heterocycles. The van der Waals surface area contributed by atoms with E-state index in [0.29, 0.717) is 43.9 Å². The lowest BCUT2D eigenvalue weighted by Crippen LogP contribution is -2.51. The van der Waals surface area contributed by atoms with Gasteiger partial charge in [0, 0.05) is 31.1 Å². The number of allylic oxidation sites excluding steroid dienone is 3. The van der Waals surface area contributed by atoms with Crippen LogP contribution in [0.5, 0.6) is 0 Å². The van der Waals surface area contributed by atoms with Crippen LogP contribution >= 0.6 is 0 Å². The van der Waals surface area contributed by atoms with Crippen LogP contribution in [0.1, 0.15) is 36.2 Å². The summed E-state index contributed by atoms with van der Waals surface area (Å²) in [4.78, 5) is 30.9. The lowest BCUT2D eigenvalue weighted by atomic mass is 9.88. The number of hydrogen-bond acceptors (Lipinski definition) is 8. The summed E-state index contributed by atoms with van der Waals surface area (Å²) in [5.74, 6) is -0.157. The average molecular weight is 566 g/mol. The third-order valence-corrected chi connectivity index (χ3v) is 7.76. The minimum atomic E-state index is -0.167. The molecule has 1 aliphatic carbocycles. The quantitative estimate of drug-likeness (QED) is 0.179. The predicted molar refractivity (Wildman–Crippen MR) is 154 cm³/mol. The zero-order valence-corrected chi connectivity index (χ0v) is 23.0. The molecule has 14 nitrogen and oxygen atoms in total. The highest BCUT2D eigenvalue weighted by Gasteiger charge is 2.36. The molecule has 42 heavy (non-hydrogen) atoms. The van der Waals surface area contributed by atoms with Crippen LogP contribution in [0.2, 0.25) is 0 Å². The van der Waals surface area contributed by atoms with Crippen molar-refractivity contribution in [1.29, 1.82) is 5.41 Å². The Labute approximate surface area is 241 Å². The Kier molecular flexibility index (Phi) is 7.88. The van der Waals surface area contributed by atoms with Gasteiger partial charge in [-0.3, -0.25) is 15.1 Å². The fourth-order valence-corrected chi connectivity index (χ4v) is 5.76. The number of piperazine rings is 1. The van der Waals surface area contributed by atoms with Gasteiger partial charge in [-0.25, -0.2) is 14.6 Å². The van der Waals surface area contributed by atoms with Gasteiger partial charge >= 0.3 is 0 Å². The Bertz CT molecular complexity index is 1720. The molecule has 0 unspecified atom stereocenters. The number of imidazole rings is 1. The molecule has 0 bridgehead atoms. The molecular formula is C28H31N13O. The Balaban J connectivity index is 1.33. The van der Waals surface area contributed by atoms with Crippen LogP contribution in [-0.2, 0) is 11.3 Å². The van der Waals surface area contributed by atoms with Crippen LogP contribution < -0.4 is 5.49 Å². The van der Waals surface area contributed by atoms with E-state index in [1.807, 2.05) is 33.6 Å². The first-order valence-corrected chi connectivity index (χ1v) is 13.9. The fourth-order valence-electron chi connectivity index (χ4n) is 5.76. The van der Waals surface area contributed by atoms with Gasteiger partial charge in [0.05, 0.1) is 37.5 Å². The topological polar surface area (TPSA) is 173 Å². The number of nitrogens with zero attached hydrogens (tertiary/aromatic N) is 11. The molecule has 0 spiro atoms. The molecule has 214 valence electrons. The van der Waals surface area contributed by atoms with E-state index in [9.17, 15) is 4.79 Å². The first-order valence-electron chi connectivity index (χ1n) is 13.9. The standard InChI is InChI=1S/C28H31N13O/c29-27-24-28(32-18-31-24)40(19-33-27)16-22-17-41(37-35-22)26(21-9-5-2-6-10-21)25(20-7-3-1-4-8-20)39-13-11-38(12-14-39)23(42)15-34-36-30/h1,3-5,7-10,17-19,25-26,29H,2,6,11-16H2,(H,31,32)/t25-,26+/m0/s1. The second kappa shape index (κ2) is 12.2. The Hall–Kier alpha value is -5.07. The maximum atomic E-state index is 12.5. The van der Waals surface area contributed by atoms with Gasteiger partial charge in [0.1, 0.15) is 17.8 Å². The average Bonchev–Trinajstić information content (AvgIpc) is 3.72. The van der Waals surface area contributed by atoms with Crippen molar-refractivity contribution < 1.29 is 4.79 Å². The highest BCUT2D eigenvalue weighted by Crippen LogP contribution is 2.39. The van der Waals surface area contributed by atoms with Crippen LogP contribution in [0.15, 0.2) is 78.1 Å². The van der Waals surface area contributed by atoms with Crippen LogP contribution in [0, 0.1) is 5.41 Å². The van der Waals surface area contributed by atoms with E-state index in [2.05, 4.69) is 70.6 Å². The number of carbonyl (C=O) groups is 1. The van der Waals surface area contributed by atoms with Gasteiger partial charge in [0.2, 0.25) is 5.91 Å². The third kappa shape index (κ3) is 5.57. The van der Waals surface area contributed by atoms with Crippen molar-refractivity contribution in [2.45, 2.75) is 31.5 Å². The van der Waals surface area contributed by atoms with Gasteiger partial charge in [0.15, 0.2) is 11.1 Å². The Morgan fingerprint density at radius 3 is 2.71 bits per heavy atom. The molecule has 6 rings (SSSR count). The lowest BCUT2D eigenvalue weighted by molar-refractivity contribution is -0.131. The maximum absolute atomic E-state index is 12.5. The molecule has 4 heterocycles.